The lowest BCUT2D eigenvalue weighted by Crippen LogP contribution is -2.02. The standard InChI is InChI=1S/C5H4O3.H4N2/c6-5(7)4-2-1-3-8-4;1-2/h1-3H,(H,6,7);1-2H2. The second-order valence-electron chi connectivity index (χ2n) is 1.28. The van der Waals surface area contributed by atoms with Gasteiger partial charge in [-0.15, -0.1) is 0 Å². The van der Waals surface area contributed by atoms with Crippen LogP contribution in [0.5, 0.6) is 0 Å². The molecule has 0 bridgehead atoms. The van der Waals surface area contributed by atoms with E-state index in [1.54, 1.807) is 0 Å². The fourth-order valence-electron chi connectivity index (χ4n) is 0.400. The van der Waals surface area contributed by atoms with Crippen molar-refractivity contribution < 1.29 is 14.3 Å². The Hall–Kier alpha value is -1.33. The smallest absolute Gasteiger partial charge is 0.371 e. The van der Waals surface area contributed by atoms with Crippen molar-refractivity contribution in [3.8, 4) is 0 Å². The molecule has 0 fully saturated rings. The summed E-state index contributed by atoms with van der Waals surface area (Å²) in [6.07, 6.45) is 1.32. The van der Waals surface area contributed by atoms with Crippen LogP contribution >= 0.6 is 0 Å². The first-order chi connectivity index (χ1) is 4.80. The fourth-order valence-corrected chi connectivity index (χ4v) is 0.400. The molecule has 0 aliphatic rings. The molecule has 1 heterocycles. The van der Waals surface area contributed by atoms with Crippen LogP contribution in [-0.2, 0) is 0 Å². The van der Waals surface area contributed by atoms with Gasteiger partial charge in [-0.25, -0.2) is 4.79 Å². The van der Waals surface area contributed by atoms with Gasteiger partial charge in [-0.05, 0) is 12.1 Å². The number of carboxylic acids is 1. The zero-order chi connectivity index (χ0) is 7.98. The van der Waals surface area contributed by atoms with Crippen LogP contribution < -0.4 is 11.7 Å². The van der Waals surface area contributed by atoms with Crippen molar-refractivity contribution in [3.63, 3.8) is 0 Å². The van der Waals surface area contributed by atoms with Gasteiger partial charge in [0.1, 0.15) is 0 Å². The van der Waals surface area contributed by atoms with Gasteiger partial charge in [-0.1, -0.05) is 0 Å². The topological polar surface area (TPSA) is 102 Å². The molecule has 1 aromatic heterocycles. The second kappa shape index (κ2) is 4.54. The summed E-state index contributed by atoms with van der Waals surface area (Å²) in [5.74, 6) is 6.94. The molecule has 0 saturated carbocycles. The molecule has 5 heteroatoms. The van der Waals surface area contributed by atoms with Crippen LogP contribution in [0.3, 0.4) is 0 Å². The Morgan fingerprint density at radius 1 is 1.60 bits per heavy atom. The van der Waals surface area contributed by atoms with Crippen molar-refractivity contribution in [3.05, 3.63) is 24.2 Å². The lowest BCUT2D eigenvalue weighted by atomic mass is 10.5. The van der Waals surface area contributed by atoms with E-state index >= 15 is 0 Å². The Morgan fingerprint density at radius 3 is 2.40 bits per heavy atom. The third-order valence-corrected chi connectivity index (χ3v) is 0.732. The van der Waals surface area contributed by atoms with Crippen LogP contribution in [0.15, 0.2) is 22.8 Å². The molecule has 1 rings (SSSR count). The maximum atomic E-state index is 9.97. The summed E-state index contributed by atoms with van der Waals surface area (Å²) in [4.78, 5) is 9.97. The molecule has 5 N–H and O–H groups in total. The molecule has 0 radical (unpaired) electrons. The average molecular weight is 144 g/mol. The highest BCUT2D eigenvalue weighted by atomic mass is 16.4. The monoisotopic (exact) mass is 144 g/mol. The van der Waals surface area contributed by atoms with Crippen LogP contribution in [0.25, 0.3) is 0 Å². The summed E-state index contributed by atoms with van der Waals surface area (Å²) >= 11 is 0. The molecule has 0 amide bonds. The van der Waals surface area contributed by atoms with Gasteiger partial charge in [0.25, 0.3) is 0 Å². The number of carboxylic acid groups (broad SMARTS) is 1. The Bertz CT molecular complexity index is 183. The van der Waals surface area contributed by atoms with E-state index in [0.29, 0.717) is 0 Å². The SMILES string of the molecule is NN.O=C(O)c1ccco1. The van der Waals surface area contributed by atoms with Gasteiger partial charge < -0.3 is 9.52 Å². The van der Waals surface area contributed by atoms with Crippen LogP contribution in [0.2, 0.25) is 0 Å². The molecule has 10 heavy (non-hydrogen) atoms. The summed E-state index contributed by atoms with van der Waals surface area (Å²) in [5.41, 5.74) is 0. The Balaban J connectivity index is 0.000000371. The molecule has 0 spiro atoms. The Morgan fingerprint density at radius 2 is 2.20 bits per heavy atom. The number of nitrogens with two attached hydrogens (primary N) is 2. The number of hydrogen-bond acceptors (Lipinski definition) is 4. The fraction of sp³-hybridized carbons (Fsp3) is 0. The molecule has 0 unspecified atom stereocenters. The third-order valence-electron chi connectivity index (χ3n) is 0.732. The molecule has 0 saturated heterocycles. The van der Waals surface area contributed by atoms with Crippen LogP contribution in [-0.4, -0.2) is 11.1 Å². The first-order valence-electron chi connectivity index (χ1n) is 2.41. The lowest BCUT2D eigenvalue weighted by Gasteiger charge is -1.79. The summed E-state index contributed by atoms with van der Waals surface area (Å²) < 4.78 is 4.50. The number of aromatic carboxylic acids is 1. The summed E-state index contributed by atoms with van der Waals surface area (Å²) in [5, 5.41) is 8.18. The normalized spacial score (nSPS) is 7.80. The molecule has 56 valence electrons. The average Bonchev–Trinajstić information content (AvgIpc) is 2.42. The Kier molecular flexibility index (Phi) is 3.94. The van der Waals surface area contributed by atoms with Crippen molar-refractivity contribution in [1.82, 2.24) is 0 Å². The minimum atomic E-state index is -1.03. The van der Waals surface area contributed by atoms with E-state index in [2.05, 4.69) is 16.1 Å². The molecule has 0 aliphatic heterocycles. The predicted octanol–water partition coefficient (Wildman–Crippen LogP) is -0.203. The van der Waals surface area contributed by atoms with Crippen molar-refractivity contribution in [1.29, 1.82) is 0 Å². The van der Waals surface area contributed by atoms with Gasteiger partial charge in [0.15, 0.2) is 0 Å². The van der Waals surface area contributed by atoms with E-state index in [1.807, 2.05) is 0 Å². The molecular weight excluding hydrogens is 136 g/mol. The summed E-state index contributed by atoms with van der Waals surface area (Å²) in [6, 6.07) is 2.92. The summed E-state index contributed by atoms with van der Waals surface area (Å²) in [7, 11) is 0. The molecular formula is C5H8N2O3. The maximum absolute atomic E-state index is 9.97. The van der Waals surface area contributed by atoms with Crippen LogP contribution in [0, 0.1) is 0 Å². The van der Waals surface area contributed by atoms with Gasteiger partial charge in [0.05, 0.1) is 6.26 Å². The zero-order valence-electron chi connectivity index (χ0n) is 5.15. The first-order valence-corrected chi connectivity index (χ1v) is 2.41. The van der Waals surface area contributed by atoms with Gasteiger partial charge in [0.2, 0.25) is 5.76 Å². The molecule has 5 nitrogen and oxygen atoms in total. The number of carbonyl (C=O) groups is 1. The second-order valence-corrected chi connectivity index (χ2v) is 1.28. The third kappa shape index (κ3) is 2.29. The predicted molar refractivity (Wildman–Crippen MR) is 34.0 cm³/mol. The van der Waals surface area contributed by atoms with Crippen molar-refractivity contribution >= 4 is 5.97 Å². The molecule has 1 aromatic rings. The van der Waals surface area contributed by atoms with Crippen molar-refractivity contribution in [2.24, 2.45) is 11.7 Å². The van der Waals surface area contributed by atoms with Gasteiger partial charge in [0, 0.05) is 0 Å². The Labute approximate surface area is 57.2 Å². The molecule has 0 atom stereocenters. The van der Waals surface area contributed by atoms with Gasteiger partial charge >= 0.3 is 5.97 Å². The first kappa shape index (κ1) is 8.67. The van der Waals surface area contributed by atoms with Gasteiger partial charge in [-0.3, -0.25) is 11.7 Å². The number of rotatable bonds is 1. The zero-order valence-corrected chi connectivity index (χ0v) is 5.15. The lowest BCUT2D eigenvalue weighted by molar-refractivity contribution is 0.0662. The van der Waals surface area contributed by atoms with Crippen molar-refractivity contribution in [2.45, 2.75) is 0 Å². The van der Waals surface area contributed by atoms with E-state index in [-0.39, 0.29) is 5.76 Å². The highest BCUT2D eigenvalue weighted by Crippen LogP contribution is 1.97. The minimum absolute atomic E-state index is 0.0231. The largest absolute Gasteiger partial charge is 0.475 e. The maximum Gasteiger partial charge on any atom is 0.371 e. The van der Waals surface area contributed by atoms with Crippen LogP contribution in [0.1, 0.15) is 10.6 Å². The molecule has 0 aliphatic carbocycles. The van der Waals surface area contributed by atoms with E-state index < -0.39 is 5.97 Å². The highest BCUT2D eigenvalue weighted by Gasteiger charge is 2.01. The van der Waals surface area contributed by atoms with E-state index in [9.17, 15) is 4.79 Å². The van der Waals surface area contributed by atoms with E-state index in [0.717, 1.165) is 0 Å². The quantitative estimate of drug-likeness (QED) is 0.374. The number of hydrazine groups is 1. The van der Waals surface area contributed by atoms with Crippen LogP contribution in [0.4, 0.5) is 0 Å². The number of furan rings is 1. The van der Waals surface area contributed by atoms with Crippen molar-refractivity contribution in [2.75, 3.05) is 0 Å². The van der Waals surface area contributed by atoms with E-state index in [1.165, 1.54) is 18.4 Å². The highest BCUT2D eigenvalue weighted by molar-refractivity contribution is 5.84. The summed E-state index contributed by atoms with van der Waals surface area (Å²) in [6.45, 7) is 0. The number of hydrogen-bond donors (Lipinski definition) is 3. The van der Waals surface area contributed by atoms with Gasteiger partial charge in [-0.2, -0.15) is 0 Å². The minimum Gasteiger partial charge on any atom is -0.475 e. The molecule has 0 aromatic carbocycles. The van der Waals surface area contributed by atoms with E-state index in [4.69, 9.17) is 5.11 Å².